The van der Waals surface area contributed by atoms with Gasteiger partial charge < -0.3 is 15.4 Å². The summed E-state index contributed by atoms with van der Waals surface area (Å²) < 4.78 is 31.2. The number of nitrogens with one attached hydrogen (secondary N) is 2. The van der Waals surface area contributed by atoms with Crippen LogP contribution in [0, 0.1) is 17.6 Å². The van der Waals surface area contributed by atoms with Gasteiger partial charge in [-0.15, -0.1) is 12.4 Å². The van der Waals surface area contributed by atoms with Crippen LogP contribution in [-0.2, 0) is 4.79 Å². The van der Waals surface area contributed by atoms with E-state index in [0.29, 0.717) is 25.3 Å². The molecule has 130 valence electrons. The van der Waals surface area contributed by atoms with Crippen molar-refractivity contribution < 1.29 is 18.3 Å². The monoisotopic (exact) mass is 348 g/mol. The van der Waals surface area contributed by atoms with Crippen molar-refractivity contribution in [1.29, 1.82) is 0 Å². The number of halogens is 3. The molecule has 0 aromatic heterocycles. The number of benzene rings is 1. The first-order chi connectivity index (χ1) is 10.6. The number of rotatable bonds is 8. The van der Waals surface area contributed by atoms with E-state index in [1.165, 1.54) is 12.5 Å². The molecule has 1 aliphatic rings. The highest BCUT2D eigenvalue weighted by Gasteiger charge is 2.14. The van der Waals surface area contributed by atoms with Gasteiger partial charge in [0.1, 0.15) is 5.82 Å². The molecule has 1 fully saturated rings. The number of carbonyl (C=O) groups excluding carboxylic acids is 1. The van der Waals surface area contributed by atoms with Crippen molar-refractivity contribution in [3.8, 4) is 5.75 Å². The summed E-state index contributed by atoms with van der Waals surface area (Å²) in [7, 11) is 0. The Morgan fingerprint density at radius 1 is 1.39 bits per heavy atom. The second-order valence-corrected chi connectivity index (χ2v) is 5.52. The maximum atomic E-state index is 13.3. The molecule has 1 aliphatic heterocycles. The zero-order valence-electron chi connectivity index (χ0n) is 12.9. The van der Waals surface area contributed by atoms with Gasteiger partial charge in [-0.25, -0.2) is 8.78 Å². The van der Waals surface area contributed by atoms with Crippen LogP contribution in [0.4, 0.5) is 8.78 Å². The third-order valence-electron chi connectivity index (χ3n) is 3.74. The van der Waals surface area contributed by atoms with E-state index in [1.54, 1.807) is 0 Å². The Morgan fingerprint density at radius 2 is 2.22 bits per heavy atom. The lowest BCUT2D eigenvalue weighted by molar-refractivity contribution is -0.121. The Labute approximate surface area is 141 Å². The molecule has 0 radical (unpaired) electrons. The summed E-state index contributed by atoms with van der Waals surface area (Å²) in [4.78, 5) is 11.6. The minimum absolute atomic E-state index is 0. The van der Waals surface area contributed by atoms with Crippen LogP contribution < -0.4 is 15.4 Å². The minimum Gasteiger partial charge on any atom is -0.491 e. The van der Waals surface area contributed by atoms with Gasteiger partial charge in [0, 0.05) is 19.0 Å². The molecule has 0 spiro atoms. The van der Waals surface area contributed by atoms with Gasteiger partial charge in [-0.3, -0.25) is 4.79 Å². The second kappa shape index (κ2) is 10.4. The van der Waals surface area contributed by atoms with Crippen LogP contribution in [0.2, 0.25) is 0 Å². The van der Waals surface area contributed by atoms with Gasteiger partial charge >= 0.3 is 0 Å². The predicted octanol–water partition coefficient (Wildman–Crippen LogP) is 2.66. The molecule has 1 amide bonds. The second-order valence-electron chi connectivity index (χ2n) is 5.52. The predicted molar refractivity (Wildman–Crippen MR) is 86.9 cm³/mol. The van der Waals surface area contributed by atoms with E-state index in [4.69, 9.17) is 4.74 Å². The first-order valence-corrected chi connectivity index (χ1v) is 7.70. The summed E-state index contributed by atoms with van der Waals surface area (Å²) in [5.41, 5.74) is 0. The molecule has 1 heterocycles. The molecule has 0 bridgehead atoms. The largest absolute Gasteiger partial charge is 0.491 e. The highest BCUT2D eigenvalue weighted by Crippen LogP contribution is 2.17. The number of ether oxygens (including phenoxy) is 1. The molecular weight excluding hydrogens is 326 g/mol. The third kappa shape index (κ3) is 7.14. The Kier molecular flexibility index (Phi) is 8.87. The van der Waals surface area contributed by atoms with E-state index in [0.717, 1.165) is 31.6 Å². The Bertz CT molecular complexity index is 497. The molecule has 1 aromatic rings. The van der Waals surface area contributed by atoms with E-state index in [9.17, 15) is 13.6 Å². The molecular formula is C16H23ClF2N2O2. The molecule has 1 saturated heterocycles. The van der Waals surface area contributed by atoms with Crippen molar-refractivity contribution >= 4 is 18.3 Å². The zero-order valence-corrected chi connectivity index (χ0v) is 13.8. The number of hydrogen-bond donors (Lipinski definition) is 2. The SMILES string of the molecule is Cl.O=C(CCCOc1ccc(F)cc1F)NCCC1CCNC1. The van der Waals surface area contributed by atoms with E-state index in [2.05, 4.69) is 10.6 Å². The van der Waals surface area contributed by atoms with Crippen molar-refractivity contribution in [2.24, 2.45) is 5.92 Å². The fourth-order valence-electron chi connectivity index (χ4n) is 2.47. The molecule has 23 heavy (non-hydrogen) atoms. The van der Waals surface area contributed by atoms with Gasteiger partial charge in [0.15, 0.2) is 11.6 Å². The van der Waals surface area contributed by atoms with Crippen LogP contribution in [0.15, 0.2) is 18.2 Å². The van der Waals surface area contributed by atoms with Gasteiger partial charge in [0.05, 0.1) is 6.61 Å². The number of hydrogen-bond acceptors (Lipinski definition) is 3. The van der Waals surface area contributed by atoms with Crippen LogP contribution in [0.25, 0.3) is 0 Å². The summed E-state index contributed by atoms with van der Waals surface area (Å²) in [6.07, 6.45) is 3.00. The molecule has 4 nitrogen and oxygen atoms in total. The summed E-state index contributed by atoms with van der Waals surface area (Å²) in [6, 6.07) is 3.17. The molecule has 7 heteroatoms. The molecule has 1 atom stereocenters. The van der Waals surface area contributed by atoms with Gasteiger partial charge in [0.2, 0.25) is 5.91 Å². The maximum absolute atomic E-state index is 13.3. The molecule has 2 N–H and O–H groups in total. The molecule has 1 aromatic carbocycles. The van der Waals surface area contributed by atoms with E-state index < -0.39 is 11.6 Å². The lowest BCUT2D eigenvalue weighted by Crippen LogP contribution is -2.26. The zero-order chi connectivity index (χ0) is 15.8. The van der Waals surface area contributed by atoms with E-state index in [1.807, 2.05) is 0 Å². The summed E-state index contributed by atoms with van der Waals surface area (Å²) in [5, 5.41) is 6.17. The Morgan fingerprint density at radius 3 is 2.91 bits per heavy atom. The lowest BCUT2D eigenvalue weighted by Gasteiger charge is -2.10. The minimum atomic E-state index is -0.727. The van der Waals surface area contributed by atoms with Gasteiger partial charge in [0.25, 0.3) is 0 Å². The summed E-state index contributed by atoms with van der Waals surface area (Å²) in [6.45, 7) is 3.02. The van der Waals surface area contributed by atoms with E-state index in [-0.39, 0.29) is 30.7 Å². The molecule has 2 rings (SSSR count). The van der Waals surface area contributed by atoms with Crippen molar-refractivity contribution in [2.45, 2.75) is 25.7 Å². The highest BCUT2D eigenvalue weighted by atomic mass is 35.5. The van der Waals surface area contributed by atoms with Gasteiger partial charge in [-0.05, 0) is 50.4 Å². The van der Waals surface area contributed by atoms with Crippen molar-refractivity contribution in [1.82, 2.24) is 10.6 Å². The first-order valence-electron chi connectivity index (χ1n) is 7.70. The van der Waals surface area contributed by atoms with Crippen LogP contribution in [0.1, 0.15) is 25.7 Å². The Balaban J connectivity index is 0.00000264. The standard InChI is InChI=1S/C16H22F2N2O2.ClH/c17-13-3-4-15(14(18)10-13)22-9-1-2-16(21)20-8-6-12-5-7-19-11-12;/h3-4,10,12,19H,1-2,5-9,11H2,(H,20,21);1H. The highest BCUT2D eigenvalue weighted by molar-refractivity contribution is 5.85. The normalized spacial score (nSPS) is 16.7. The fraction of sp³-hybridized carbons (Fsp3) is 0.562. The summed E-state index contributed by atoms with van der Waals surface area (Å²) >= 11 is 0. The lowest BCUT2D eigenvalue weighted by atomic mass is 10.1. The number of amides is 1. The maximum Gasteiger partial charge on any atom is 0.220 e. The van der Waals surface area contributed by atoms with Gasteiger partial charge in [-0.1, -0.05) is 0 Å². The quantitative estimate of drug-likeness (QED) is 0.710. The van der Waals surface area contributed by atoms with Crippen LogP contribution >= 0.6 is 12.4 Å². The van der Waals surface area contributed by atoms with Gasteiger partial charge in [-0.2, -0.15) is 0 Å². The fourth-order valence-corrected chi connectivity index (χ4v) is 2.47. The van der Waals surface area contributed by atoms with Crippen LogP contribution in [0.5, 0.6) is 5.75 Å². The van der Waals surface area contributed by atoms with Crippen molar-refractivity contribution in [2.75, 3.05) is 26.2 Å². The molecule has 1 unspecified atom stereocenters. The summed E-state index contributed by atoms with van der Waals surface area (Å²) in [5.74, 6) is -0.717. The van der Waals surface area contributed by atoms with E-state index >= 15 is 0 Å². The topological polar surface area (TPSA) is 50.4 Å². The van der Waals surface area contributed by atoms with Crippen molar-refractivity contribution in [3.05, 3.63) is 29.8 Å². The average molecular weight is 349 g/mol. The van der Waals surface area contributed by atoms with Crippen LogP contribution in [-0.4, -0.2) is 32.1 Å². The van der Waals surface area contributed by atoms with Crippen LogP contribution in [0.3, 0.4) is 0 Å². The number of carbonyl (C=O) groups is 1. The van der Waals surface area contributed by atoms with Crippen molar-refractivity contribution in [3.63, 3.8) is 0 Å². The third-order valence-corrected chi connectivity index (χ3v) is 3.74. The average Bonchev–Trinajstić information content (AvgIpc) is 2.99. The Hall–Kier alpha value is -1.40. The molecule has 0 saturated carbocycles. The first kappa shape index (κ1) is 19.6. The smallest absolute Gasteiger partial charge is 0.220 e. The molecule has 0 aliphatic carbocycles.